The molecular weight excluding hydrogens is 238 g/mol. The number of nitrogens with one attached hydrogen (secondary N) is 1. The van der Waals surface area contributed by atoms with E-state index in [0.29, 0.717) is 5.92 Å². The minimum absolute atomic E-state index is 0.0202. The molecule has 1 rings (SSSR count). The van der Waals surface area contributed by atoms with Crippen molar-refractivity contribution in [2.45, 2.75) is 27.2 Å². The quantitative estimate of drug-likeness (QED) is 0.630. The van der Waals surface area contributed by atoms with Gasteiger partial charge in [0.15, 0.2) is 0 Å². The first-order valence-corrected chi connectivity index (χ1v) is 6.54. The van der Waals surface area contributed by atoms with Crippen LogP contribution < -0.4 is 5.32 Å². The summed E-state index contributed by atoms with van der Waals surface area (Å²) in [5.41, 5.74) is 2.00. The molecule has 1 N–H and O–H groups in total. The van der Waals surface area contributed by atoms with Crippen molar-refractivity contribution in [3.05, 3.63) is 42.0 Å². The van der Waals surface area contributed by atoms with Crippen molar-refractivity contribution < 1.29 is 9.59 Å². The molecule has 0 heterocycles. The van der Waals surface area contributed by atoms with Crippen LogP contribution in [0.2, 0.25) is 0 Å². The predicted molar refractivity (Wildman–Crippen MR) is 78.0 cm³/mol. The SMILES string of the molecule is CC(/C=C/C=O)Cc1ccc(NC(=O)C(C)C)cc1. The first-order valence-electron chi connectivity index (χ1n) is 6.54. The van der Waals surface area contributed by atoms with Gasteiger partial charge >= 0.3 is 0 Å². The lowest BCUT2D eigenvalue weighted by Gasteiger charge is -2.10. The maximum absolute atomic E-state index is 11.5. The highest BCUT2D eigenvalue weighted by molar-refractivity contribution is 5.92. The summed E-state index contributed by atoms with van der Waals surface area (Å²) in [6.07, 6.45) is 5.09. The topological polar surface area (TPSA) is 46.2 Å². The number of carbonyl (C=O) groups is 2. The Morgan fingerprint density at radius 1 is 1.21 bits per heavy atom. The molecule has 102 valence electrons. The Kier molecular flexibility index (Phi) is 6.00. The van der Waals surface area contributed by atoms with Crippen LogP contribution in [0.15, 0.2) is 36.4 Å². The van der Waals surface area contributed by atoms with Crippen molar-refractivity contribution >= 4 is 17.9 Å². The molecule has 0 aliphatic rings. The molecule has 0 spiro atoms. The van der Waals surface area contributed by atoms with Crippen molar-refractivity contribution in [3.63, 3.8) is 0 Å². The van der Waals surface area contributed by atoms with Crippen LogP contribution >= 0.6 is 0 Å². The zero-order valence-electron chi connectivity index (χ0n) is 11.7. The van der Waals surface area contributed by atoms with Gasteiger partial charge in [-0.05, 0) is 36.1 Å². The Labute approximate surface area is 114 Å². The van der Waals surface area contributed by atoms with E-state index >= 15 is 0 Å². The van der Waals surface area contributed by atoms with Crippen molar-refractivity contribution in [3.8, 4) is 0 Å². The zero-order chi connectivity index (χ0) is 14.3. The number of aldehydes is 1. The fraction of sp³-hybridized carbons (Fsp3) is 0.375. The Balaban J connectivity index is 2.59. The van der Waals surface area contributed by atoms with Gasteiger partial charge in [0.1, 0.15) is 6.29 Å². The molecule has 0 aliphatic heterocycles. The highest BCUT2D eigenvalue weighted by Crippen LogP contribution is 2.14. The summed E-state index contributed by atoms with van der Waals surface area (Å²) in [7, 11) is 0. The predicted octanol–water partition coefficient (Wildman–Crippen LogP) is 3.21. The zero-order valence-corrected chi connectivity index (χ0v) is 11.7. The minimum atomic E-state index is -0.0202. The molecule has 3 nitrogen and oxygen atoms in total. The van der Waals surface area contributed by atoms with Crippen LogP contribution in [0.3, 0.4) is 0 Å². The van der Waals surface area contributed by atoms with E-state index in [4.69, 9.17) is 0 Å². The monoisotopic (exact) mass is 259 g/mol. The molecule has 3 heteroatoms. The van der Waals surface area contributed by atoms with Crippen LogP contribution in [0.4, 0.5) is 5.69 Å². The average molecular weight is 259 g/mol. The summed E-state index contributed by atoms with van der Waals surface area (Å²) in [5, 5.41) is 2.86. The summed E-state index contributed by atoms with van der Waals surface area (Å²) >= 11 is 0. The Morgan fingerprint density at radius 2 is 1.84 bits per heavy atom. The van der Waals surface area contributed by atoms with Gasteiger partial charge in [0, 0.05) is 11.6 Å². The first-order chi connectivity index (χ1) is 9.02. The number of allylic oxidation sites excluding steroid dienone is 2. The van der Waals surface area contributed by atoms with E-state index in [1.165, 1.54) is 11.6 Å². The average Bonchev–Trinajstić information content (AvgIpc) is 2.38. The Bertz CT molecular complexity index is 446. The Morgan fingerprint density at radius 3 is 2.37 bits per heavy atom. The maximum atomic E-state index is 11.5. The molecule has 0 saturated carbocycles. The van der Waals surface area contributed by atoms with E-state index < -0.39 is 0 Å². The molecule has 19 heavy (non-hydrogen) atoms. The lowest BCUT2D eigenvalue weighted by atomic mass is 10.0. The molecule has 1 aromatic rings. The van der Waals surface area contributed by atoms with Gasteiger partial charge in [-0.2, -0.15) is 0 Å². The Hall–Kier alpha value is -1.90. The fourth-order valence-corrected chi connectivity index (χ4v) is 1.69. The van der Waals surface area contributed by atoms with Crippen molar-refractivity contribution in [1.82, 2.24) is 0 Å². The van der Waals surface area contributed by atoms with Gasteiger partial charge in [-0.1, -0.05) is 39.0 Å². The van der Waals surface area contributed by atoms with Crippen LogP contribution in [0.25, 0.3) is 0 Å². The highest BCUT2D eigenvalue weighted by Gasteiger charge is 2.07. The number of carbonyl (C=O) groups excluding carboxylic acids is 2. The number of rotatable bonds is 6. The van der Waals surface area contributed by atoms with E-state index in [1.54, 1.807) is 0 Å². The molecule has 1 atom stereocenters. The molecule has 0 saturated heterocycles. The van der Waals surface area contributed by atoms with Gasteiger partial charge in [-0.15, -0.1) is 0 Å². The molecule has 1 aromatic carbocycles. The number of anilines is 1. The molecule has 0 bridgehead atoms. The summed E-state index contributed by atoms with van der Waals surface area (Å²) in [5.74, 6) is 0.324. The van der Waals surface area contributed by atoms with Gasteiger partial charge in [0.25, 0.3) is 0 Å². The van der Waals surface area contributed by atoms with Crippen LogP contribution in [-0.2, 0) is 16.0 Å². The second-order valence-corrected chi connectivity index (χ2v) is 5.04. The van der Waals surface area contributed by atoms with Gasteiger partial charge in [0.2, 0.25) is 5.91 Å². The minimum Gasteiger partial charge on any atom is -0.326 e. The third-order valence-electron chi connectivity index (χ3n) is 2.82. The van der Waals surface area contributed by atoms with Gasteiger partial charge in [-0.25, -0.2) is 0 Å². The molecule has 0 aromatic heterocycles. The standard InChI is InChI=1S/C16H21NO2/c1-12(2)16(19)17-15-8-6-14(7-9-15)11-13(3)5-4-10-18/h4-10,12-13H,11H2,1-3H3,(H,17,19)/b5-4+. The molecule has 1 amide bonds. The maximum Gasteiger partial charge on any atom is 0.226 e. The molecule has 0 fully saturated rings. The van der Waals surface area contributed by atoms with Gasteiger partial charge in [-0.3, -0.25) is 9.59 Å². The first kappa shape index (κ1) is 15.2. The van der Waals surface area contributed by atoms with E-state index in [0.717, 1.165) is 18.4 Å². The van der Waals surface area contributed by atoms with Crippen LogP contribution in [0, 0.1) is 11.8 Å². The van der Waals surface area contributed by atoms with Gasteiger partial charge < -0.3 is 5.32 Å². The summed E-state index contributed by atoms with van der Waals surface area (Å²) in [6, 6.07) is 7.82. The van der Waals surface area contributed by atoms with Gasteiger partial charge in [0.05, 0.1) is 0 Å². The van der Waals surface area contributed by atoms with Crippen LogP contribution in [0.1, 0.15) is 26.3 Å². The summed E-state index contributed by atoms with van der Waals surface area (Å²) in [6.45, 7) is 5.80. The van der Waals surface area contributed by atoms with E-state index in [1.807, 2.05) is 44.2 Å². The molecule has 1 unspecified atom stereocenters. The van der Waals surface area contributed by atoms with Crippen molar-refractivity contribution in [2.24, 2.45) is 11.8 Å². The van der Waals surface area contributed by atoms with Crippen molar-refractivity contribution in [2.75, 3.05) is 5.32 Å². The van der Waals surface area contributed by atoms with E-state index in [9.17, 15) is 9.59 Å². The highest BCUT2D eigenvalue weighted by atomic mass is 16.1. The number of hydrogen-bond donors (Lipinski definition) is 1. The lowest BCUT2D eigenvalue weighted by molar-refractivity contribution is -0.118. The number of hydrogen-bond acceptors (Lipinski definition) is 2. The second-order valence-electron chi connectivity index (χ2n) is 5.04. The molecule has 0 aliphatic carbocycles. The lowest BCUT2D eigenvalue weighted by Crippen LogP contribution is -2.17. The van der Waals surface area contributed by atoms with E-state index in [2.05, 4.69) is 12.2 Å². The summed E-state index contributed by atoms with van der Waals surface area (Å²) < 4.78 is 0. The molecular formula is C16H21NO2. The van der Waals surface area contributed by atoms with Crippen molar-refractivity contribution in [1.29, 1.82) is 0 Å². The number of benzene rings is 1. The van der Waals surface area contributed by atoms with E-state index in [-0.39, 0.29) is 11.8 Å². The third kappa shape index (κ3) is 5.51. The largest absolute Gasteiger partial charge is 0.326 e. The van der Waals surface area contributed by atoms with Crippen LogP contribution in [-0.4, -0.2) is 12.2 Å². The summed E-state index contributed by atoms with van der Waals surface area (Å²) in [4.78, 5) is 21.8. The second kappa shape index (κ2) is 7.52. The smallest absolute Gasteiger partial charge is 0.226 e. The number of amides is 1. The molecule has 0 radical (unpaired) electrons. The fourth-order valence-electron chi connectivity index (χ4n) is 1.69. The normalized spacial score (nSPS) is 12.6. The third-order valence-corrected chi connectivity index (χ3v) is 2.82. The van der Waals surface area contributed by atoms with Crippen LogP contribution in [0.5, 0.6) is 0 Å².